The summed E-state index contributed by atoms with van der Waals surface area (Å²) in [4.78, 5) is 0. The van der Waals surface area contributed by atoms with E-state index in [2.05, 4.69) is 67.7 Å². The zero-order valence-electron chi connectivity index (χ0n) is 13.1. The standard InChI is InChI=1S/C20H25N/c1-15(2)21-14-16-10-12-18(13-11-16)20-9-4-3-8-19(20)17-6-5-7-17/h3-4,8-13,15,17,21H,5-7,14H2,1-2H3. The third-order valence-corrected chi connectivity index (χ3v) is 4.49. The van der Waals surface area contributed by atoms with Gasteiger partial charge in [-0.05, 0) is 41.0 Å². The fourth-order valence-corrected chi connectivity index (χ4v) is 2.96. The van der Waals surface area contributed by atoms with Crippen LogP contribution in [0.2, 0.25) is 0 Å². The monoisotopic (exact) mass is 279 g/mol. The van der Waals surface area contributed by atoms with Crippen LogP contribution in [0, 0.1) is 0 Å². The Bertz CT molecular complexity index is 579. The maximum atomic E-state index is 3.47. The minimum absolute atomic E-state index is 0.531. The van der Waals surface area contributed by atoms with Crippen LogP contribution in [-0.4, -0.2) is 6.04 Å². The number of rotatable bonds is 5. The van der Waals surface area contributed by atoms with E-state index in [-0.39, 0.29) is 0 Å². The van der Waals surface area contributed by atoms with Gasteiger partial charge in [0.15, 0.2) is 0 Å². The predicted molar refractivity (Wildman–Crippen MR) is 90.4 cm³/mol. The van der Waals surface area contributed by atoms with Crippen molar-refractivity contribution >= 4 is 0 Å². The molecule has 1 nitrogen and oxygen atoms in total. The molecule has 3 rings (SSSR count). The molecule has 1 aliphatic rings. The van der Waals surface area contributed by atoms with E-state index in [1.54, 1.807) is 0 Å². The van der Waals surface area contributed by atoms with Crippen molar-refractivity contribution in [3.05, 3.63) is 59.7 Å². The molecule has 1 N–H and O–H groups in total. The van der Waals surface area contributed by atoms with Gasteiger partial charge in [-0.1, -0.05) is 68.8 Å². The Kier molecular flexibility index (Phi) is 4.40. The zero-order valence-corrected chi connectivity index (χ0v) is 13.1. The third kappa shape index (κ3) is 3.36. The lowest BCUT2D eigenvalue weighted by Crippen LogP contribution is -2.21. The smallest absolute Gasteiger partial charge is 0.0207 e. The molecule has 1 fully saturated rings. The minimum atomic E-state index is 0.531. The highest BCUT2D eigenvalue weighted by Gasteiger charge is 2.22. The maximum Gasteiger partial charge on any atom is 0.0207 e. The van der Waals surface area contributed by atoms with Crippen LogP contribution >= 0.6 is 0 Å². The first-order valence-electron chi connectivity index (χ1n) is 8.15. The molecule has 0 atom stereocenters. The number of nitrogens with one attached hydrogen (secondary N) is 1. The van der Waals surface area contributed by atoms with Crippen molar-refractivity contribution in [1.29, 1.82) is 0 Å². The molecular weight excluding hydrogens is 254 g/mol. The maximum absolute atomic E-state index is 3.47. The first-order valence-corrected chi connectivity index (χ1v) is 8.15. The summed E-state index contributed by atoms with van der Waals surface area (Å²) < 4.78 is 0. The molecule has 0 heterocycles. The first kappa shape index (κ1) is 14.3. The number of benzene rings is 2. The molecular formula is C20H25N. The molecule has 0 saturated heterocycles. The van der Waals surface area contributed by atoms with Crippen LogP contribution in [0.5, 0.6) is 0 Å². The third-order valence-electron chi connectivity index (χ3n) is 4.49. The van der Waals surface area contributed by atoms with Gasteiger partial charge in [0.2, 0.25) is 0 Å². The molecule has 0 spiro atoms. The fraction of sp³-hybridized carbons (Fsp3) is 0.400. The minimum Gasteiger partial charge on any atom is -0.310 e. The van der Waals surface area contributed by atoms with E-state index in [4.69, 9.17) is 0 Å². The molecule has 2 aromatic carbocycles. The van der Waals surface area contributed by atoms with Gasteiger partial charge >= 0.3 is 0 Å². The van der Waals surface area contributed by atoms with Gasteiger partial charge < -0.3 is 5.32 Å². The van der Waals surface area contributed by atoms with E-state index in [0.717, 1.165) is 12.5 Å². The average Bonchev–Trinajstić information content (AvgIpc) is 2.45. The van der Waals surface area contributed by atoms with Crippen LogP contribution in [0.25, 0.3) is 11.1 Å². The van der Waals surface area contributed by atoms with E-state index in [1.807, 2.05) is 0 Å². The Morgan fingerprint density at radius 3 is 2.33 bits per heavy atom. The van der Waals surface area contributed by atoms with E-state index in [0.29, 0.717) is 6.04 Å². The van der Waals surface area contributed by atoms with Crippen molar-refractivity contribution in [2.75, 3.05) is 0 Å². The van der Waals surface area contributed by atoms with Gasteiger partial charge in [0.05, 0.1) is 0 Å². The van der Waals surface area contributed by atoms with Crippen molar-refractivity contribution in [2.24, 2.45) is 0 Å². The number of hydrogen-bond donors (Lipinski definition) is 1. The van der Waals surface area contributed by atoms with Crippen LogP contribution in [0.4, 0.5) is 0 Å². The van der Waals surface area contributed by atoms with Crippen LogP contribution in [0.15, 0.2) is 48.5 Å². The van der Waals surface area contributed by atoms with E-state index >= 15 is 0 Å². The van der Waals surface area contributed by atoms with Crippen LogP contribution in [0.1, 0.15) is 50.2 Å². The Labute approximate surface area is 128 Å². The Hall–Kier alpha value is -1.60. The summed E-state index contributed by atoms with van der Waals surface area (Å²) in [6.07, 6.45) is 4.10. The second-order valence-electron chi connectivity index (χ2n) is 6.45. The van der Waals surface area contributed by atoms with Gasteiger partial charge in [0.1, 0.15) is 0 Å². The molecule has 1 saturated carbocycles. The van der Waals surface area contributed by atoms with Crippen LogP contribution in [-0.2, 0) is 6.54 Å². The molecule has 0 amide bonds. The number of hydrogen-bond acceptors (Lipinski definition) is 1. The topological polar surface area (TPSA) is 12.0 Å². The highest BCUT2D eigenvalue weighted by Crippen LogP contribution is 2.40. The Balaban J connectivity index is 1.80. The van der Waals surface area contributed by atoms with Gasteiger partial charge in [-0.3, -0.25) is 0 Å². The van der Waals surface area contributed by atoms with Crippen molar-refractivity contribution in [2.45, 2.75) is 51.6 Å². The Morgan fingerprint density at radius 2 is 1.71 bits per heavy atom. The summed E-state index contributed by atoms with van der Waals surface area (Å²) in [6.45, 7) is 5.31. The molecule has 2 aromatic rings. The first-order chi connectivity index (χ1) is 10.2. The molecule has 0 bridgehead atoms. The molecule has 0 radical (unpaired) electrons. The van der Waals surface area contributed by atoms with Crippen molar-refractivity contribution in [1.82, 2.24) is 5.32 Å². The summed E-state index contributed by atoms with van der Waals surface area (Å²) in [5, 5.41) is 3.47. The lowest BCUT2D eigenvalue weighted by Gasteiger charge is -2.28. The molecule has 1 aliphatic carbocycles. The fourth-order valence-electron chi connectivity index (χ4n) is 2.96. The van der Waals surface area contributed by atoms with Crippen LogP contribution < -0.4 is 5.32 Å². The molecule has 1 heteroatoms. The van der Waals surface area contributed by atoms with Crippen molar-refractivity contribution < 1.29 is 0 Å². The van der Waals surface area contributed by atoms with Gasteiger partial charge in [0.25, 0.3) is 0 Å². The summed E-state index contributed by atoms with van der Waals surface area (Å²) in [7, 11) is 0. The second kappa shape index (κ2) is 6.44. The largest absolute Gasteiger partial charge is 0.310 e. The van der Waals surface area contributed by atoms with Crippen molar-refractivity contribution in [3.8, 4) is 11.1 Å². The van der Waals surface area contributed by atoms with Crippen molar-refractivity contribution in [3.63, 3.8) is 0 Å². The summed E-state index contributed by atoms with van der Waals surface area (Å²) >= 11 is 0. The second-order valence-corrected chi connectivity index (χ2v) is 6.45. The molecule has 110 valence electrons. The normalized spacial score (nSPS) is 15.2. The van der Waals surface area contributed by atoms with Gasteiger partial charge in [-0.25, -0.2) is 0 Å². The quantitative estimate of drug-likeness (QED) is 0.801. The lowest BCUT2D eigenvalue weighted by molar-refractivity contribution is 0.420. The van der Waals surface area contributed by atoms with E-state index < -0.39 is 0 Å². The molecule has 0 aliphatic heterocycles. The predicted octanol–water partition coefficient (Wildman–Crippen LogP) is 5.12. The highest BCUT2D eigenvalue weighted by atomic mass is 14.9. The lowest BCUT2D eigenvalue weighted by atomic mass is 9.77. The van der Waals surface area contributed by atoms with Gasteiger partial charge in [0, 0.05) is 12.6 Å². The SMILES string of the molecule is CC(C)NCc1ccc(-c2ccccc2C2CCC2)cc1. The van der Waals surface area contributed by atoms with E-state index in [9.17, 15) is 0 Å². The molecule has 0 aromatic heterocycles. The highest BCUT2D eigenvalue weighted by molar-refractivity contribution is 5.68. The van der Waals surface area contributed by atoms with Gasteiger partial charge in [-0.2, -0.15) is 0 Å². The summed E-state index contributed by atoms with van der Waals surface area (Å²) in [5.41, 5.74) is 5.67. The molecule has 0 unspecified atom stereocenters. The van der Waals surface area contributed by atoms with Crippen LogP contribution in [0.3, 0.4) is 0 Å². The van der Waals surface area contributed by atoms with E-state index in [1.165, 1.54) is 41.5 Å². The van der Waals surface area contributed by atoms with Gasteiger partial charge in [-0.15, -0.1) is 0 Å². The summed E-state index contributed by atoms with van der Waals surface area (Å²) in [5.74, 6) is 0.781. The Morgan fingerprint density at radius 1 is 1.00 bits per heavy atom. The zero-order chi connectivity index (χ0) is 14.7. The summed E-state index contributed by atoms with van der Waals surface area (Å²) in [6, 6.07) is 18.5. The molecule has 21 heavy (non-hydrogen) atoms. The average molecular weight is 279 g/mol.